The Kier molecular flexibility index (Phi) is 5.65. The van der Waals surface area contributed by atoms with Crippen molar-refractivity contribution in [3.05, 3.63) is 78.1 Å². The van der Waals surface area contributed by atoms with Crippen LogP contribution >= 0.6 is 0 Å². The van der Waals surface area contributed by atoms with Gasteiger partial charge in [-0.15, -0.1) is 0 Å². The molecular formula is C24H28N4O. The van der Waals surface area contributed by atoms with E-state index in [0.29, 0.717) is 0 Å². The van der Waals surface area contributed by atoms with Gasteiger partial charge in [-0.3, -0.25) is 9.36 Å². The molecule has 1 aliphatic heterocycles. The van der Waals surface area contributed by atoms with E-state index in [1.54, 1.807) is 0 Å². The van der Waals surface area contributed by atoms with Gasteiger partial charge in [0, 0.05) is 44.3 Å². The van der Waals surface area contributed by atoms with Crippen molar-refractivity contribution in [2.45, 2.75) is 26.2 Å². The predicted molar refractivity (Wildman–Crippen MR) is 117 cm³/mol. The number of aryl methyl sites for hydroxylation is 1. The normalized spacial score (nSPS) is 15.4. The second-order valence-electron chi connectivity index (χ2n) is 7.62. The van der Waals surface area contributed by atoms with E-state index in [4.69, 9.17) is 0 Å². The van der Waals surface area contributed by atoms with Crippen molar-refractivity contribution in [3.63, 3.8) is 0 Å². The van der Waals surface area contributed by atoms with Crippen molar-refractivity contribution in [1.82, 2.24) is 14.5 Å². The molecule has 4 rings (SSSR count). The first-order chi connectivity index (χ1) is 14.2. The van der Waals surface area contributed by atoms with Gasteiger partial charge in [0.15, 0.2) is 0 Å². The standard InChI is InChI=1S/C24H28N4O/c1-3-22(20-7-5-4-6-8-20)23(29)26-15-17-27(18-16-26)24-25-13-14-28(24)21-11-9-19(2)10-12-21/h4-14,22H,3,15-18H2,1-2H3. The summed E-state index contributed by atoms with van der Waals surface area (Å²) < 4.78 is 2.12. The lowest BCUT2D eigenvalue weighted by molar-refractivity contribution is -0.133. The topological polar surface area (TPSA) is 41.4 Å². The predicted octanol–water partition coefficient (Wildman–Crippen LogP) is 4.02. The minimum atomic E-state index is -0.0581. The molecule has 1 aromatic heterocycles. The Balaban J connectivity index is 1.44. The molecule has 1 fully saturated rings. The maximum Gasteiger partial charge on any atom is 0.230 e. The molecule has 29 heavy (non-hydrogen) atoms. The van der Waals surface area contributed by atoms with E-state index in [1.165, 1.54) is 5.56 Å². The van der Waals surface area contributed by atoms with Crippen LogP contribution in [0.15, 0.2) is 67.0 Å². The summed E-state index contributed by atoms with van der Waals surface area (Å²) in [6.45, 7) is 7.21. The number of aromatic nitrogens is 2. The SMILES string of the molecule is CCC(C(=O)N1CCN(c2nccn2-c2ccc(C)cc2)CC1)c1ccccc1. The van der Waals surface area contributed by atoms with Crippen LogP contribution in [-0.2, 0) is 4.79 Å². The lowest BCUT2D eigenvalue weighted by atomic mass is 9.95. The summed E-state index contributed by atoms with van der Waals surface area (Å²) in [7, 11) is 0. The molecular weight excluding hydrogens is 360 g/mol. The highest BCUT2D eigenvalue weighted by molar-refractivity contribution is 5.84. The van der Waals surface area contributed by atoms with Crippen molar-refractivity contribution in [3.8, 4) is 5.69 Å². The van der Waals surface area contributed by atoms with E-state index >= 15 is 0 Å². The fourth-order valence-electron chi connectivity index (χ4n) is 4.02. The Morgan fingerprint density at radius 3 is 2.34 bits per heavy atom. The van der Waals surface area contributed by atoms with Crippen LogP contribution < -0.4 is 4.90 Å². The second-order valence-corrected chi connectivity index (χ2v) is 7.62. The second kappa shape index (κ2) is 8.52. The van der Waals surface area contributed by atoms with Crippen LogP contribution in [0.25, 0.3) is 5.69 Å². The van der Waals surface area contributed by atoms with Crippen molar-refractivity contribution < 1.29 is 4.79 Å². The molecule has 3 aromatic rings. The summed E-state index contributed by atoms with van der Waals surface area (Å²) in [4.78, 5) is 22.0. The first kappa shape index (κ1) is 19.2. The molecule has 1 saturated heterocycles. The molecule has 2 aromatic carbocycles. The number of anilines is 1. The fourth-order valence-corrected chi connectivity index (χ4v) is 4.02. The third-order valence-electron chi connectivity index (χ3n) is 5.72. The summed E-state index contributed by atoms with van der Waals surface area (Å²) in [6.07, 6.45) is 4.66. The van der Waals surface area contributed by atoms with Gasteiger partial charge in [0.25, 0.3) is 0 Å². The number of rotatable bonds is 5. The number of amides is 1. The number of benzene rings is 2. The molecule has 5 nitrogen and oxygen atoms in total. The average Bonchev–Trinajstić information content (AvgIpc) is 3.25. The van der Waals surface area contributed by atoms with Gasteiger partial charge >= 0.3 is 0 Å². The summed E-state index contributed by atoms with van der Waals surface area (Å²) in [5.74, 6) is 1.12. The molecule has 1 amide bonds. The number of piperazine rings is 1. The van der Waals surface area contributed by atoms with Gasteiger partial charge in [0.05, 0.1) is 5.92 Å². The van der Waals surface area contributed by atoms with Gasteiger partial charge < -0.3 is 9.80 Å². The molecule has 0 radical (unpaired) electrons. The van der Waals surface area contributed by atoms with E-state index in [-0.39, 0.29) is 11.8 Å². The molecule has 1 atom stereocenters. The highest BCUT2D eigenvalue weighted by Crippen LogP contribution is 2.24. The minimum absolute atomic E-state index is 0.0581. The van der Waals surface area contributed by atoms with Crippen LogP contribution in [0.1, 0.15) is 30.4 Å². The highest BCUT2D eigenvalue weighted by atomic mass is 16.2. The Morgan fingerprint density at radius 1 is 1.00 bits per heavy atom. The molecule has 0 saturated carbocycles. The average molecular weight is 389 g/mol. The van der Waals surface area contributed by atoms with Crippen molar-refractivity contribution in [2.75, 3.05) is 31.1 Å². The molecule has 150 valence electrons. The van der Waals surface area contributed by atoms with Crippen LogP contribution in [0.2, 0.25) is 0 Å². The van der Waals surface area contributed by atoms with Crippen LogP contribution in [0.4, 0.5) is 5.95 Å². The first-order valence-corrected chi connectivity index (χ1v) is 10.4. The quantitative estimate of drug-likeness (QED) is 0.663. The summed E-state index contributed by atoms with van der Waals surface area (Å²) in [5.41, 5.74) is 3.46. The van der Waals surface area contributed by atoms with E-state index in [9.17, 15) is 4.79 Å². The van der Waals surface area contributed by atoms with Crippen LogP contribution in [0.5, 0.6) is 0 Å². The zero-order valence-corrected chi connectivity index (χ0v) is 17.2. The third-order valence-corrected chi connectivity index (χ3v) is 5.72. The van der Waals surface area contributed by atoms with Gasteiger partial charge in [-0.25, -0.2) is 4.98 Å². The van der Waals surface area contributed by atoms with E-state index in [0.717, 1.165) is 49.8 Å². The number of hydrogen-bond acceptors (Lipinski definition) is 3. The van der Waals surface area contributed by atoms with Crippen molar-refractivity contribution in [1.29, 1.82) is 0 Å². The number of hydrogen-bond donors (Lipinski definition) is 0. The highest BCUT2D eigenvalue weighted by Gasteiger charge is 2.28. The van der Waals surface area contributed by atoms with Gasteiger partial charge in [0.1, 0.15) is 0 Å². The molecule has 0 N–H and O–H groups in total. The van der Waals surface area contributed by atoms with E-state index in [1.807, 2.05) is 35.5 Å². The third kappa shape index (κ3) is 4.04. The zero-order chi connectivity index (χ0) is 20.2. The zero-order valence-electron chi connectivity index (χ0n) is 17.2. The molecule has 5 heteroatoms. The van der Waals surface area contributed by atoms with Gasteiger partial charge in [-0.1, -0.05) is 55.0 Å². The molecule has 1 unspecified atom stereocenters. The number of carbonyl (C=O) groups excluding carboxylic acids is 1. The van der Waals surface area contributed by atoms with Crippen LogP contribution in [-0.4, -0.2) is 46.5 Å². The van der Waals surface area contributed by atoms with Gasteiger partial charge in [0.2, 0.25) is 11.9 Å². The smallest absolute Gasteiger partial charge is 0.230 e. The van der Waals surface area contributed by atoms with Gasteiger partial charge in [-0.2, -0.15) is 0 Å². The number of carbonyl (C=O) groups is 1. The van der Waals surface area contributed by atoms with E-state index < -0.39 is 0 Å². The van der Waals surface area contributed by atoms with Crippen molar-refractivity contribution >= 4 is 11.9 Å². The minimum Gasteiger partial charge on any atom is -0.339 e. The largest absolute Gasteiger partial charge is 0.339 e. The van der Waals surface area contributed by atoms with Crippen molar-refractivity contribution in [2.24, 2.45) is 0 Å². The van der Waals surface area contributed by atoms with E-state index in [2.05, 4.69) is 64.7 Å². The molecule has 1 aliphatic rings. The fraction of sp³-hybridized carbons (Fsp3) is 0.333. The maximum atomic E-state index is 13.1. The Morgan fingerprint density at radius 2 is 1.69 bits per heavy atom. The Bertz CT molecular complexity index is 941. The molecule has 0 spiro atoms. The number of imidazole rings is 1. The van der Waals surface area contributed by atoms with Crippen LogP contribution in [0, 0.1) is 6.92 Å². The summed E-state index contributed by atoms with van der Waals surface area (Å²) in [6, 6.07) is 18.6. The van der Waals surface area contributed by atoms with Crippen LogP contribution in [0.3, 0.4) is 0 Å². The monoisotopic (exact) mass is 388 g/mol. The summed E-state index contributed by atoms with van der Waals surface area (Å²) in [5, 5.41) is 0. The Labute approximate surface area is 172 Å². The maximum absolute atomic E-state index is 13.1. The lowest BCUT2D eigenvalue weighted by Crippen LogP contribution is -2.50. The summed E-state index contributed by atoms with van der Waals surface area (Å²) >= 11 is 0. The van der Waals surface area contributed by atoms with Gasteiger partial charge in [-0.05, 0) is 31.0 Å². The Hall–Kier alpha value is -3.08. The molecule has 0 bridgehead atoms. The number of nitrogens with zero attached hydrogens (tertiary/aromatic N) is 4. The molecule has 0 aliphatic carbocycles. The lowest BCUT2D eigenvalue weighted by Gasteiger charge is -2.37. The molecule has 2 heterocycles. The first-order valence-electron chi connectivity index (χ1n) is 10.4.